The standard InChI is InChI=1S/C13H17F3N2/c1-3-13(2)8-18(5-4-17-13)9-6-10(14)12(16)11(15)7-9/h6-7,17H,3-5,8H2,1-2H3. The number of hydrogen-bond donors (Lipinski definition) is 1. The van der Waals surface area contributed by atoms with Crippen LogP contribution in [0.25, 0.3) is 0 Å². The molecule has 2 rings (SSSR count). The van der Waals surface area contributed by atoms with Crippen molar-refractivity contribution in [2.24, 2.45) is 0 Å². The van der Waals surface area contributed by atoms with Crippen LogP contribution in [0, 0.1) is 17.5 Å². The third kappa shape index (κ3) is 2.46. The minimum atomic E-state index is -1.41. The van der Waals surface area contributed by atoms with Gasteiger partial charge in [0.1, 0.15) is 0 Å². The van der Waals surface area contributed by atoms with E-state index in [0.29, 0.717) is 18.8 Å². The summed E-state index contributed by atoms with van der Waals surface area (Å²) in [7, 11) is 0. The van der Waals surface area contributed by atoms with E-state index >= 15 is 0 Å². The first-order chi connectivity index (χ1) is 8.45. The molecule has 18 heavy (non-hydrogen) atoms. The van der Waals surface area contributed by atoms with Crippen LogP contribution in [0.3, 0.4) is 0 Å². The maximum Gasteiger partial charge on any atom is 0.194 e. The molecule has 5 heteroatoms. The summed E-state index contributed by atoms with van der Waals surface area (Å²) >= 11 is 0. The van der Waals surface area contributed by atoms with E-state index in [-0.39, 0.29) is 5.54 Å². The van der Waals surface area contributed by atoms with Gasteiger partial charge < -0.3 is 10.2 Å². The molecule has 1 aromatic carbocycles. The van der Waals surface area contributed by atoms with E-state index in [1.807, 2.05) is 4.90 Å². The van der Waals surface area contributed by atoms with Crippen molar-refractivity contribution in [3.63, 3.8) is 0 Å². The van der Waals surface area contributed by atoms with E-state index in [4.69, 9.17) is 0 Å². The van der Waals surface area contributed by atoms with Gasteiger partial charge in [-0.25, -0.2) is 13.2 Å². The molecular weight excluding hydrogens is 241 g/mol. The lowest BCUT2D eigenvalue weighted by Gasteiger charge is -2.42. The van der Waals surface area contributed by atoms with E-state index < -0.39 is 17.5 Å². The molecule has 0 saturated carbocycles. The lowest BCUT2D eigenvalue weighted by Crippen LogP contribution is -2.58. The van der Waals surface area contributed by atoms with Crippen molar-refractivity contribution in [3.05, 3.63) is 29.6 Å². The Kier molecular flexibility index (Phi) is 3.52. The average Bonchev–Trinajstić information content (AvgIpc) is 2.35. The number of rotatable bonds is 2. The van der Waals surface area contributed by atoms with E-state index in [2.05, 4.69) is 19.2 Å². The monoisotopic (exact) mass is 258 g/mol. The van der Waals surface area contributed by atoms with Gasteiger partial charge in [-0.05, 0) is 13.3 Å². The highest BCUT2D eigenvalue weighted by Crippen LogP contribution is 2.25. The van der Waals surface area contributed by atoms with Crippen LogP contribution in [0.15, 0.2) is 12.1 Å². The van der Waals surface area contributed by atoms with Gasteiger partial charge in [0.15, 0.2) is 17.5 Å². The Hall–Kier alpha value is -1.23. The van der Waals surface area contributed by atoms with E-state index in [1.54, 1.807) is 0 Å². The van der Waals surface area contributed by atoms with Crippen LogP contribution in [0.2, 0.25) is 0 Å². The number of nitrogens with one attached hydrogen (secondary N) is 1. The molecule has 0 bridgehead atoms. The summed E-state index contributed by atoms with van der Waals surface area (Å²) in [5.74, 6) is -3.68. The Morgan fingerprint density at radius 1 is 1.28 bits per heavy atom. The van der Waals surface area contributed by atoms with Crippen molar-refractivity contribution in [3.8, 4) is 0 Å². The highest BCUT2D eigenvalue weighted by atomic mass is 19.2. The molecule has 1 unspecified atom stereocenters. The maximum atomic E-state index is 13.2. The summed E-state index contributed by atoms with van der Waals surface area (Å²) in [6, 6.07) is 2.11. The van der Waals surface area contributed by atoms with Gasteiger partial charge in [0.05, 0.1) is 0 Å². The molecule has 1 saturated heterocycles. The van der Waals surface area contributed by atoms with E-state index in [0.717, 1.165) is 25.1 Å². The van der Waals surface area contributed by atoms with Gasteiger partial charge in [-0.3, -0.25) is 0 Å². The average molecular weight is 258 g/mol. The lowest BCUT2D eigenvalue weighted by atomic mass is 9.95. The van der Waals surface area contributed by atoms with Crippen LogP contribution in [0.4, 0.5) is 18.9 Å². The third-order valence-electron chi connectivity index (χ3n) is 3.59. The first kappa shape index (κ1) is 13.2. The van der Waals surface area contributed by atoms with Crippen LogP contribution in [-0.4, -0.2) is 25.2 Å². The maximum absolute atomic E-state index is 13.2. The molecule has 1 N–H and O–H groups in total. The van der Waals surface area contributed by atoms with Crippen LogP contribution in [-0.2, 0) is 0 Å². The van der Waals surface area contributed by atoms with Gasteiger partial charge in [0, 0.05) is 43.0 Å². The highest BCUT2D eigenvalue weighted by molar-refractivity contribution is 5.48. The van der Waals surface area contributed by atoms with E-state index in [9.17, 15) is 13.2 Å². The van der Waals surface area contributed by atoms with Gasteiger partial charge in [0.2, 0.25) is 0 Å². The SMILES string of the molecule is CCC1(C)CN(c2cc(F)c(F)c(F)c2)CCN1. The summed E-state index contributed by atoms with van der Waals surface area (Å²) in [5.41, 5.74) is 0.312. The third-order valence-corrected chi connectivity index (χ3v) is 3.59. The summed E-state index contributed by atoms with van der Waals surface area (Å²) < 4.78 is 39.3. The molecule has 0 amide bonds. The molecule has 1 aromatic rings. The topological polar surface area (TPSA) is 15.3 Å². The van der Waals surface area contributed by atoms with E-state index in [1.165, 1.54) is 0 Å². The molecule has 0 radical (unpaired) electrons. The molecule has 0 aromatic heterocycles. The Morgan fingerprint density at radius 3 is 2.44 bits per heavy atom. The molecule has 1 aliphatic rings. The number of piperazine rings is 1. The van der Waals surface area contributed by atoms with Crippen molar-refractivity contribution in [1.29, 1.82) is 0 Å². The van der Waals surface area contributed by atoms with Crippen molar-refractivity contribution in [2.75, 3.05) is 24.5 Å². The summed E-state index contributed by atoms with van der Waals surface area (Å²) in [4.78, 5) is 1.88. The zero-order valence-corrected chi connectivity index (χ0v) is 10.6. The Labute approximate surface area is 105 Å². The second-order valence-corrected chi connectivity index (χ2v) is 4.99. The largest absolute Gasteiger partial charge is 0.368 e. The molecule has 1 fully saturated rings. The Bertz CT molecular complexity index is 427. The summed E-state index contributed by atoms with van der Waals surface area (Å²) in [6.07, 6.45) is 0.912. The molecule has 2 nitrogen and oxygen atoms in total. The number of hydrogen-bond acceptors (Lipinski definition) is 2. The fourth-order valence-corrected chi connectivity index (χ4v) is 2.23. The van der Waals surface area contributed by atoms with Gasteiger partial charge >= 0.3 is 0 Å². The fourth-order valence-electron chi connectivity index (χ4n) is 2.23. The van der Waals surface area contributed by atoms with Crippen molar-refractivity contribution in [2.45, 2.75) is 25.8 Å². The zero-order valence-electron chi connectivity index (χ0n) is 10.6. The van der Waals surface area contributed by atoms with Crippen LogP contribution < -0.4 is 10.2 Å². The number of anilines is 1. The van der Waals surface area contributed by atoms with Crippen LogP contribution in [0.1, 0.15) is 20.3 Å². The molecule has 1 atom stereocenters. The Balaban J connectivity index is 2.26. The van der Waals surface area contributed by atoms with Crippen molar-refractivity contribution < 1.29 is 13.2 Å². The normalized spacial score (nSPS) is 24.4. The number of halogens is 3. The second kappa shape index (κ2) is 4.80. The number of benzene rings is 1. The fraction of sp³-hybridized carbons (Fsp3) is 0.538. The molecular formula is C13H17F3N2. The zero-order chi connectivity index (χ0) is 13.3. The molecule has 1 heterocycles. The molecule has 0 spiro atoms. The van der Waals surface area contributed by atoms with Crippen LogP contribution in [0.5, 0.6) is 0 Å². The van der Waals surface area contributed by atoms with Crippen LogP contribution >= 0.6 is 0 Å². The second-order valence-electron chi connectivity index (χ2n) is 4.99. The summed E-state index contributed by atoms with van der Waals surface area (Å²) in [6.45, 7) is 6.16. The van der Waals surface area contributed by atoms with Crippen molar-refractivity contribution in [1.82, 2.24) is 5.32 Å². The first-order valence-electron chi connectivity index (χ1n) is 6.10. The minimum absolute atomic E-state index is 0.0837. The molecule has 1 aliphatic heterocycles. The summed E-state index contributed by atoms with van der Waals surface area (Å²) in [5, 5.41) is 3.38. The van der Waals surface area contributed by atoms with Gasteiger partial charge in [0.25, 0.3) is 0 Å². The first-order valence-corrected chi connectivity index (χ1v) is 6.10. The molecule has 100 valence electrons. The lowest BCUT2D eigenvalue weighted by molar-refractivity contribution is 0.313. The molecule has 0 aliphatic carbocycles. The quantitative estimate of drug-likeness (QED) is 0.820. The highest BCUT2D eigenvalue weighted by Gasteiger charge is 2.29. The Morgan fingerprint density at radius 2 is 1.89 bits per heavy atom. The van der Waals surface area contributed by atoms with Gasteiger partial charge in [-0.2, -0.15) is 0 Å². The number of nitrogens with zero attached hydrogens (tertiary/aromatic N) is 1. The minimum Gasteiger partial charge on any atom is -0.368 e. The predicted octanol–water partition coefficient (Wildman–Crippen LogP) is 2.68. The van der Waals surface area contributed by atoms with Gasteiger partial charge in [-0.1, -0.05) is 6.92 Å². The smallest absolute Gasteiger partial charge is 0.194 e. The van der Waals surface area contributed by atoms with Gasteiger partial charge in [-0.15, -0.1) is 0 Å². The predicted molar refractivity (Wildman–Crippen MR) is 65.2 cm³/mol. The van der Waals surface area contributed by atoms with Crippen molar-refractivity contribution >= 4 is 5.69 Å².